The number of aromatic nitrogens is 3. The van der Waals surface area contributed by atoms with Crippen molar-refractivity contribution in [3.8, 4) is 0 Å². The molecule has 0 N–H and O–H groups in total. The smallest absolute Gasteiger partial charge is 0.117 e. The van der Waals surface area contributed by atoms with Crippen LogP contribution in [0, 0.1) is 0 Å². The van der Waals surface area contributed by atoms with E-state index in [1.54, 1.807) is 6.26 Å². The van der Waals surface area contributed by atoms with Crippen molar-refractivity contribution in [3.63, 3.8) is 0 Å². The van der Waals surface area contributed by atoms with E-state index in [-0.39, 0.29) is 0 Å². The number of nitrogens with zero attached hydrogens (tertiary/aromatic N) is 4. The third kappa shape index (κ3) is 4.71. The molecule has 0 aliphatic rings. The maximum absolute atomic E-state index is 5.56. The first-order valence-electron chi connectivity index (χ1n) is 9.04. The molecule has 3 heterocycles. The molecule has 0 aliphatic carbocycles. The number of benzene rings is 1. The summed E-state index contributed by atoms with van der Waals surface area (Å²) >= 11 is 0. The molecule has 1 aromatic carbocycles. The lowest BCUT2D eigenvalue weighted by atomic mass is 10.2. The zero-order chi connectivity index (χ0) is 18.3. The van der Waals surface area contributed by atoms with E-state index >= 15 is 0 Å². The van der Waals surface area contributed by atoms with Crippen LogP contribution in [-0.2, 0) is 26.2 Å². The Bertz CT molecular complexity index is 933. The van der Waals surface area contributed by atoms with Crippen LogP contribution in [-0.4, -0.2) is 19.4 Å². The first kappa shape index (κ1) is 17.2. The van der Waals surface area contributed by atoms with E-state index in [1.807, 2.05) is 49.1 Å². The molecule has 0 amide bonds. The van der Waals surface area contributed by atoms with Crippen LogP contribution >= 0.6 is 0 Å². The average molecular weight is 358 g/mol. The molecule has 0 bridgehead atoms. The zero-order valence-electron chi connectivity index (χ0n) is 15.1. The van der Waals surface area contributed by atoms with Crippen molar-refractivity contribution >= 4 is 0 Å². The molecule has 5 heteroatoms. The number of hydrogen-bond acceptors (Lipinski definition) is 4. The highest BCUT2D eigenvalue weighted by Crippen LogP contribution is 2.15. The van der Waals surface area contributed by atoms with Crippen molar-refractivity contribution in [1.82, 2.24) is 19.4 Å². The van der Waals surface area contributed by atoms with Crippen molar-refractivity contribution in [1.29, 1.82) is 0 Å². The van der Waals surface area contributed by atoms with Crippen LogP contribution in [0.25, 0.3) is 0 Å². The second-order valence-corrected chi connectivity index (χ2v) is 6.54. The molecule has 0 radical (unpaired) electrons. The lowest BCUT2D eigenvalue weighted by molar-refractivity contribution is 0.219. The van der Waals surface area contributed by atoms with Gasteiger partial charge in [0.15, 0.2) is 0 Å². The van der Waals surface area contributed by atoms with Crippen LogP contribution < -0.4 is 0 Å². The van der Waals surface area contributed by atoms with Crippen molar-refractivity contribution in [3.05, 3.63) is 108 Å². The van der Waals surface area contributed by atoms with Crippen molar-refractivity contribution in [2.75, 3.05) is 0 Å². The minimum absolute atomic E-state index is 0.722. The molecule has 0 saturated carbocycles. The highest BCUT2D eigenvalue weighted by atomic mass is 16.3. The molecule has 136 valence electrons. The van der Waals surface area contributed by atoms with E-state index < -0.39 is 0 Å². The summed E-state index contributed by atoms with van der Waals surface area (Å²) in [5.74, 6) is 0.944. The second-order valence-electron chi connectivity index (χ2n) is 6.54. The standard InChI is InChI=1S/C22H22N4O/c1-2-7-19(8-3-1)14-26-18-23-13-21(26)16-25(17-22-10-6-12-27-22)15-20-9-4-5-11-24-20/h1-13,18H,14-17H2. The number of hydrogen-bond donors (Lipinski definition) is 0. The summed E-state index contributed by atoms with van der Waals surface area (Å²) < 4.78 is 7.76. The summed E-state index contributed by atoms with van der Waals surface area (Å²) in [6.45, 7) is 3.05. The van der Waals surface area contributed by atoms with E-state index in [0.717, 1.165) is 37.6 Å². The van der Waals surface area contributed by atoms with Gasteiger partial charge < -0.3 is 8.98 Å². The largest absolute Gasteiger partial charge is 0.468 e. The minimum atomic E-state index is 0.722. The Morgan fingerprint density at radius 1 is 0.889 bits per heavy atom. The summed E-state index contributed by atoms with van der Waals surface area (Å²) in [4.78, 5) is 11.2. The number of pyridine rings is 1. The van der Waals surface area contributed by atoms with Crippen molar-refractivity contribution in [2.24, 2.45) is 0 Å². The van der Waals surface area contributed by atoms with Crippen LogP contribution in [0.5, 0.6) is 0 Å². The van der Waals surface area contributed by atoms with Gasteiger partial charge in [-0.15, -0.1) is 0 Å². The SMILES string of the molecule is c1ccc(Cn2cncc2CN(Cc2ccccn2)Cc2ccco2)cc1. The van der Waals surface area contributed by atoms with Gasteiger partial charge in [0.25, 0.3) is 0 Å². The molecule has 0 atom stereocenters. The molecule has 0 spiro atoms. The predicted octanol–water partition coefficient (Wildman–Crippen LogP) is 4.12. The van der Waals surface area contributed by atoms with E-state index in [1.165, 1.54) is 11.3 Å². The second kappa shape index (κ2) is 8.47. The van der Waals surface area contributed by atoms with Gasteiger partial charge in [-0.2, -0.15) is 0 Å². The molecule has 27 heavy (non-hydrogen) atoms. The number of rotatable bonds is 8. The molecule has 0 aliphatic heterocycles. The van der Waals surface area contributed by atoms with Gasteiger partial charge in [-0.3, -0.25) is 9.88 Å². The molecular formula is C22H22N4O. The highest BCUT2D eigenvalue weighted by Gasteiger charge is 2.13. The van der Waals surface area contributed by atoms with Gasteiger partial charge in [0.1, 0.15) is 5.76 Å². The Morgan fingerprint density at radius 2 is 1.78 bits per heavy atom. The average Bonchev–Trinajstić information content (AvgIpc) is 3.36. The molecule has 3 aromatic heterocycles. The lowest BCUT2D eigenvalue weighted by Crippen LogP contribution is -2.24. The maximum Gasteiger partial charge on any atom is 0.117 e. The minimum Gasteiger partial charge on any atom is -0.468 e. The van der Waals surface area contributed by atoms with Crippen LogP contribution in [0.4, 0.5) is 0 Å². The number of furan rings is 1. The molecule has 4 aromatic rings. The van der Waals surface area contributed by atoms with Crippen molar-refractivity contribution < 1.29 is 4.42 Å². The molecular weight excluding hydrogens is 336 g/mol. The first-order chi connectivity index (χ1) is 13.4. The zero-order valence-corrected chi connectivity index (χ0v) is 15.1. The highest BCUT2D eigenvalue weighted by molar-refractivity contribution is 5.16. The summed E-state index contributed by atoms with van der Waals surface area (Å²) in [7, 11) is 0. The van der Waals surface area contributed by atoms with Gasteiger partial charge in [0.05, 0.1) is 30.5 Å². The predicted molar refractivity (Wildman–Crippen MR) is 104 cm³/mol. The Labute approximate surface area is 158 Å². The summed E-state index contributed by atoms with van der Waals surface area (Å²) in [5, 5.41) is 0. The molecule has 4 rings (SSSR count). The molecule has 0 fully saturated rings. The van der Waals surface area contributed by atoms with Gasteiger partial charge >= 0.3 is 0 Å². The van der Waals surface area contributed by atoms with Gasteiger partial charge in [0, 0.05) is 32.0 Å². The Hall–Kier alpha value is -3.18. The fraction of sp³-hybridized carbons (Fsp3) is 0.182. The van der Waals surface area contributed by atoms with E-state index in [0.29, 0.717) is 0 Å². The van der Waals surface area contributed by atoms with Crippen LogP contribution in [0.3, 0.4) is 0 Å². The third-order valence-electron chi connectivity index (χ3n) is 4.45. The van der Waals surface area contributed by atoms with Crippen LogP contribution in [0.1, 0.15) is 22.7 Å². The van der Waals surface area contributed by atoms with Gasteiger partial charge in [0.2, 0.25) is 0 Å². The fourth-order valence-corrected chi connectivity index (χ4v) is 3.14. The summed E-state index contributed by atoms with van der Waals surface area (Å²) in [5.41, 5.74) is 3.47. The Morgan fingerprint density at radius 3 is 2.56 bits per heavy atom. The molecule has 0 saturated heterocycles. The molecule has 0 unspecified atom stereocenters. The third-order valence-corrected chi connectivity index (χ3v) is 4.45. The Kier molecular flexibility index (Phi) is 5.41. The van der Waals surface area contributed by atoms with Gasteiger partial charge in [-0.05, 0) is 29.8 Å². The van der Waals surface area contributed by atoms with E-state index in [2.05, 4.69) is 49.8 Å². The first-order valence-corrected chi connectivity index (χ1v) is 9.04. The summed E-state index contributed by atoms with van der Waals surface area (Å²) in [6.07, 6.45) is 7.39. The van der Waals surface area contributed by atoms with Gasteiger partial charge in [-0.25, -0.2) is 4.98 Å². The Balaban J connectivity index is 1.52. The fourth-order valence-electron chi connectivity index (χ4n) is 3.14. The quantitative estimate of drug-likeness (QED) is 0.475. The van der Waals surface area contributed by atoms with Crippen molar-refractivity contribution in [2.45, 2.75) is 26.2 Å². The number of imidazole rings is 1. The van der Waals surface area contributed by atoms with E-state index in [4.69, 9.17) is 4.42 Å². The van der Waals surface area contributed by atoms with E-state index in [9.17, 15) is 0 Å². The topological polar surface area (TPSA) is 47.1 Å². The summed E-state index contributed by atoms with van der Waals surface area (Å²) in [6, 6.07) is 20.4. The van der Waals surface area contributed by atoms with Gasteiger partial charge in [-0.1, -0.05) is 36.4 Å². The monoisotopic (exact) mass is 358 g/mol. The van der Waals surface area contributed by atoms with Crippen LogP contribution in [0.15, 0.2) is 90.1 Å². The molecule has 5 nitrogen and oxygen atoms in total. The van der Waals surface area contributed by atoms with Crippen LogP contribution in [0.2, 0.25) is 0 Å². The normalized spacial score (nSPS) is 11.1. The lowest BCUT2D eigenvalue weighted by Gasteiger charge is -2.21. The maximum atomic E-state index is 5.56.